The number of carbonyl (C=O) groups is 2. The van der Waals surface area contributed by atoms with Gasteiger partial charge in [0, 0.05) is 4.91 Å². The van der Waals surface area contributed by atoms with Crippen molar-refractivity contribution in [3.8, 4) is 0 Å². The van der Waals surface area contributed by atoms with Crippen LogP contribution in [0.5, 0.6) is 0 Å². The molecule has 4 atom stereocenters. The van der Waals surface area contributed by atoms with Gasteiger partial charge >= 0.3 is 5.97 Å². The zero-order valence-corrected chi connectivity index (χ0v) is 12.5. The topological polar surface area (TPSA) is 116 Å². The molecular weight excluding hydrogens is 300 g/mol. The van der Waals surface area contributed by atoms with Crippen molar-refractivity contribution in [2.75, 3.05) is 0 Å². The van der Waals surface area contributed by atoms with Crippen molar-refractivity contribution in [2.45, 2.75) is 49.9 Å². The van der Waals surface area contributed by atoms with Crippen LogP contribution in [0.2, 0.25) is 0 Å². The highest BCUT2D eigenvalue weighted by Gasteiger charge is 2.57. The Kier molecular flexibility index (Phi) is 3.88. The standard InChI is InChI=1S/C12H15ClN4O4/c1-12(2,3)21-11(20)5-4-6(18)7(13)9-8(15-16-14)10(19)17(5)9/h4,6-9,18H,1-3H3/t6-,7+,8+,9-/m1/s1. The Labute approximate surface area is 125 Å². The molecule has 0 spiro atoms. The number of nitrogens with zero attached hydrogens (tertiary/aromatic N) is 4. The summed E-state index contributed by atoms with van der Waals surface area (Å²) in [4.78, 5) is 27.8. The summed E-state index contributed by atoms with van der Waals surface area (Å²) in [7, 11) is 0. The van der Waals surface area contributed by atoms with Gasteiger partial charge in [0.25, 0.3) is 0 Å². The van der Waals surface area contributed by atoms with Crippen LogP contribution < -0.4 is 0 Å². The van der Waals surface area contributed by atoms with Gasteiger partial charge in [0.05, 0.1) is 17.5 Å². The smallest absolute Gasteiger partial charge is 0.355 e. The fraction of sp³-hybridized carbons (Fsp3) is 0.667. The van der Waals surface area contributed by atoms with Crippen LogP contribution in [0.1, 0.15) is 20.8 Å². The summed E-state index contributed by atoms with van der Waals surface area (Å²) in [5.41, 5.74) is 7.65. The number of aliphatic hydroxyl groups is 1. The Hall–Kier alpha value is -1.76. The number of fused-ring (bicyclic) bond motifs is 1. The molecule has 2 aliphatic heterocycles. The number of rotatable bonds is 2. The average molecular weight is 315 g/mol. The molecule has 0 unspecified atom stereocenters. The predicted octanol–water partition coefficient (Wildman–Crippen LogP) is 1.08. The zero-order valence-electron chi connectivity index (χ0n) is 11.7. The Morgan fingerprint density at radius 3 is 2.71 bits per heavy atom. The van der Waals surface area contributed by atoms with Crippen LogP contribution in [0.4, 0.5) is 0 Å². The second-order valence-corrected chi connectivity index (χ2v) is 6.34. The van der Waals surface area contributed by atoms with Crippen molar-refractivity contribution in [3.05, 3.63) is 22.2 Å². The molecule has 0 radical (unpaired) electrons. The van der Waals surface area contributed by atoms with Crippen molar-refractivity contribution in [1.82, 2.24) is 4.90 Å². The van der Waals surface area contributed by atoms with Crippen molar-refractivity contribution < 1.29 is 19.4 Å². The van der Waals surface area contributed by atoms with Gasteiger partial charge in [-0.3, -0.25) is 4.79 Å². The fourth-order valence-electron chi connectivity index (χ4n) is 2.30. The lowest BCUT2D eigenvalue weighted by atomic mass is 9.85. The maximum Gasteiger partial charge on any atom is 0.355 e. The monoisotopic (exact) mass is 314 g/mol. The third kappa shape index (κ3) is 2.70. The second-order valence-electron chi connectivity index (χ2n) is 5.84. The molecule has 2 aliphatic rings. The van der Waals surface area contributed by atoms with Crippen molar-refractivity contribution >= 4 is 23.5 Å². The van der Waals surface area contributed by atoms with Gasteiger partial charge in [-0.2, -0.15) is 0 Å². The summed E-state index contributed by atoms with van der Waals surface area (Å²) >= 11 is 6.04. The molecule has 0 saturated carbocycles. The quantitative estimate of drug-likeness (QED) is 0.205. The van der Waals surface area contributed by atoms with E-state index < -0.39 is 41.0 Å². The first-order chi connectivity index (χ1) is 9.67. The fourth-order valence-corrected chi connectivity index (χ4v) is 2.62. The van der Waals surface area contributed by atoms with Gasteiger partial charge in [-0.25, -0.2) is 4.79 Å². The van der Waals surface area contributed by atoms with E-state index in [-0.39, 0.29) is 5.70 Å². The van der Waals surface area contributed by atoms with Gasteiger partial charge in [-0.1, -0.05) is 5.11 Å². The van der Waals surface area contributed by atoms with E-state index in [1.165, 1.54) is 6.08 Å². The lowest BCUT2D eigenvalue weighted by Crippen LogP contribution is -2.70. The maximum atomic E-state index is 12.1. The number of azide groups is 1. The van der Waals surface area contributed by atoms with Crippen LogP contribution >= 0.6 is 11.6 Å². The Bertz CT molecular complexity index is 564. The molecule has 0 bridgehead atoms. The number of ether oxygens (including phenoxy) is 1. The van der Waals surface area contributed by atoms with Crippen molar-refractivity contribution in [3.63, 3.8) is 0 Å². The molecule has 1 saturated heterocycles. The van der Waals surface area contributed by atoms with Gasteiger partial charge < -0.3 is 14.7 Å². The molecule has 2 rings (SSSR count). The lowest BCUT2D eigenvalue weighted by Gasteiger charge is -2.50. The molecule has 8 nitrogen and oxygen atoms in total. The number of amides is 1. The van der Waals surface area contributed by atoms with Crippen LogP contribution in [0.25, 0.3) is 10.4 Å². The van der Waals surface area contributed by atoms with Crippen LogP contribution in [0.3, 0.4) is 0 Å². The first-order valence-corrected chi connectivity index (χ1v) is 6.75. The summed E-state index contributed by atoms with van der Waals surface area (Å²) in [6, 6.07) is -1.77. The molecule has 2 heterocycles. The largest absolute Gasteiger partial charge is 0.455 e. The van der Waals surface area contributed by atoms with Crippen LogP contribution in [-0.4, -0.2) is 51.0 Å². The van der Waals surface area contributed by atoms with E-state index in [0.29, 0.717) is 0 Å². The van der Waals surface area contributed by atoms with Crippen molar-refractivity contribution in [2.24, 2.45) is 5.11 Å². The summed E-state index contributed by atoms with van der Waals surface area (Å²) in [5, 5.41) is 12.4. The molecule has 9 heteroatoms. The highest BCUT2D eigenvalue weighted by Crippen LogP contribution is 2.38. The SMILES string of the molecule is CC(C)(C)OC(=O)C1=C[C@@H](O)[C@H](Cl)[C@@H]2[C@H](N=[N+]=[N-])C(=O)N12. The number of β-lactam (4-membered cyclic amide) rings is 1. The summed E-state index contributed by atoms with van der Waals surface area (Å²) in [5.74, 6) is -1.27. The minimum absolute atomic E-state index is 0.0753. The van der Waals surface area contributed by atoms with E-state index >= 15 is 0 Å². The van der Waals surface area contributed by atoms with Gasteiger partial charge in [-0.15, -0.1) is 11.6 Å². The molecule has 0 aromatic carbocycles. The minimum Gasteiger partial charge on any atom is -0.455 e. The van der Waals surface area contributed by atoms with E-state index in [1.54, 1.807) is 20.8 Å². The van der Waals surface area contributed by atoms with E-state index in [0.717, 1.165) is 4.90 Å². The second kappa shape index (κ2) is 5.22. The zero-order chi connectivity index (χ0) is 15.9. The Balaban J connectivity index is 2.31. The highest BCUT2D eigenvalue weighted by molar-refractivity contribution is 6.23. The van der Waals surface area contributed by atoms with E-state index in [9.17, 15) is 14.7 Å². The first kappa shape index (κ1) is 15.6. The van der Waals surface area contributed by atoms with Crippen LogP contribution in [0, 0.1) is 0 Å². The third-order valence-electron chi connectivity index (χ3n) is 3.14. The Morgan fingerprint density at radius 2 is 2.19 bits per heavy atom. The number of halogens is 1. The molecule has 21 heavy (non-hydrogen) atoms. The van der Waals surface area contributed by atoms with E-state index in [2.05, 4.69) is 10.0 Å². The number of aliphatic hydroxyl groups excluding tert-OH is 1. The summed E-state index contributed by atoms with van der Waals surface area (Å²) in [6.07, 6.45) is 0.0480. The molecule has 1 fully saturated rings. The molecule has 114 valence electrons. The van der Waals surface area contributed by atoms with E-state index in [1.807, 2.05) is 0 Å². The number of carbonyl (C=O) groups excluding carboxylic acids is 2. The third-order valence-corrected chi connectivity index (χ3v) is 3.65. The summed E-state index contributed by atoms with van der Waals surface area (Å²) in [6.45, 7) is 5.06. The number of hydrogen-bond donors (Lipinski definition) is 1. The number of hydrogen-bond acceptors (Lipinski definition) is 5. The average Bonchev–Trinajstić information content (AvgIpc) is 2.36. The van der Waals surface area contributed by atoms with Gasteiger partial charge in [0.15, 0.2) is 0 Å². The molecular formula is C12H15ClN4O4. The minimum atomic E-state index is -1.14. The van der Waals surface area contributed by atoms with E-state index in [4.69, 9.17) is 21.9 Å². The molecule has 0 aromatic rings. The molecule has 0 aromatic heterocycles. The number of alkyl halides is 1. The van der Waals surface area contributed by atoms with Crippen LogP contribution in [0.15, 0.2) is 16.9 Å². The van der Waals surface area contributed by atoms with Crippen LogP contribution in [-0.2, 0) is 14.3 Å². The van der Waals surface area contributed by atoms with Gasteiger partial charge in [0.2, 0.25) is 5.91 Å². The normalized spacial score (nSPS) is 31.6. The number of esters is 1. The maximum absolute atomic E-state index is 12.1. The predicted molar refractivity (Wildman–Crippen MR) is 73.1 cm³/mol. The molecule has 1 amide bonds. The van der Waals surface area contributed by atoms with Crippen molar-refractivity contribution in [1.29, 1.82) is 0 Å². The first-order valence-electron chi connectivity index (χ1n) is 6.32. The van der Waals surface area contributed by atoms with Gasteiger partial charge in [0.1, 0.15) is 17.3 Å². The Morgan fingerprint density at radius 1 is 1.57 bits per heavy atom. The molecule has 1 N–H and O–H groups in total. The highest BCUT2D eigenvalue weighted by atomic mass is 35.5. The molecule has 0 aliphatic carbocycles. The summed E-state index contributed by atoms with van der Waals surface area (Å²) < 4.78 is 5.20. The lowest BCUT2D eigenvalue weighted by molar-refractivity contribution is -0.161. The van der Waals surface area contributed by atoms with Gasteiger partial charge in [-0.05, 0) is 32.4 Å².